The van der Waals surface area contributed by atoms with Gasteiger partial charge in [-0.05, 0) is 50.0 Å². The van der Waals surface area contributed by atoms with Crippen LogP contribution in [0.2, 0.25) is 0 Å². The fourth-order valence-corrected chi connectivity index (χ4v) is 3.16. The van der Waals surface area contributed by atoms with E-state index in [0.717, 1.165) is 25.0 Å². The summed E-state index contributed by atoms with van der Waals surface area (Å²) in [6.07, 6.45) is 2.88. The van der Waals surface area contributed by atoms with Gasteiger partial charge in [0.2, 0.25) is 5.91 Å². The van der Waals surface area contributed by atoms with Crippen LogP contribution in [0.4, 0.5) is 0 Å². The van der Waals surface area contributed by atoms with Crippen molar-refractivity contribution in [2.24, 2.45) is 5.92 Å². The van der Waals surface area contributed by atoms with E-state index >= 15 is 0 Å². The first-order valence-corrected chi connectivity index (χ1v) is 8.23. The van der Waals surface area contributed by atoms with Crippen molar-refractivity contribution in [1.29, 1.82) is 0 Å². The van der Waals surface area contributed by atoms with Gasteiger partial charge in [0, 0.05) is 11.3 Å². The van der Waals surface area contributed by atoms with Crippen molar-refractivity contribution in [1.82, 2.24) is 5.32 Å². The van der Waals surface area contributed by atoms with Crippen molar-refractivity contribution < 1.29 is 14.7 Å². The van der Waals surface area contributed by atoms with Crippen LogP contribution in [0.15, 0.2) is 35.2 Å². The van der Waals surface area contributed by atoms with E-state index in [9.17, 15) is 14.7 Å². The van der Waals surface area contributed by atoms with Gasteiger partial charge in [0.25, 0.3) is 0 Å². The highest BCUT2D eigenvalue weighted by atomic mass is 32.2. The minimum atomic E-state index is -1.09. The van der Waals surface area contributed by atoms with Gasteiger partial charge < -0.3 is 10.4 Å². The first kappa shape index (κ1) is 15.9. The first-order chi connectivity index (χ1) is 10.0. The predicted molar refractivity (Wildman–Crippen MR) is 83.3 cm³/mol. The van der Waals surface area contributed by atoms with Gasteiger partial charge >= 0.3 is 5.97 Å². The molecule has 1 aliphatic rings. The van der Waals surface area contributed by atoms with Crippen LogP contribution < -0.4 is 5.32 Å². The molecule has 1 saturated carbocycles. The molecular formula is C16H21NO3S. The molecule has 4 nitrogen and oxygen atoms in total. The maximum absolute atomic E-state index is 11.9. The van der Waals surface area contributed by atoms with Crippen molar-refractivity contribution in [3.05, 3.63) is 30.3 Å². The van der Waals surface area contributed by atoms with Gasteiger partial charge in [-0.3, -0.25) is 4.79 Å². The minimum absolute atomic E-state index is 0.0812. The Bertz CT molecular complexity index is 502. The molecule has 2 N–H and O–H groups in total. The fourth-order valence-electron chi connectivity index (χ4n) is 2.28. The lowest BCUT2D eigenvalue weighted by molar-refractivity contribution is -0.147. The van der Waals surface area contributed by atoms with Crippen LogP contribution in [-0.4, -0.2) is 28.3 Å². The Labute approximate surface area is 129 Å². The van der Waals surface area contributed by atoms with E-state index in [4.69, 9.17) is 0 Å². The second-order valence-electron chi connectivity index (χ2n) is 5.60. The van der Waals surface area contributed by atoms with E-state index in [1.54, 1.807) is 18.7 Å². The van der Waals surface area contributed by atoms with Crippen LogP contribution in [0.5, 0.6) is 0 Å². The molecular weight excluding hydrogens is 286 g/mol. The zero-order chi connectivity index (χ0) is 15.3. The highest BCUT2D eigenvalue weighted by Crippen LogP contribution is 2.39. The number of nitrogens with one attached hydrogen (secondary N) is 1. The van der Waals surface area contributed by atoms with E-state index < -0.39 is 11.5 Å². The molecule has 0 heterocycles. The SMILES string of the molecule is CC(NC(=O)CCCSc1ccccc1)(C(=O)O)C1CC1. The molecule has 2 rings (SSSR count). The first-order valence-electron chi connectivity index (χ1n) is 7.24. The quantitative estimate of drug-likeness (QED) is 0.572. The van der Waals surface area contributed by atoms with Crippen LogP contribution in [0.25, 0.3) is 0 Å². The molecule has 21 heavy (non-hydrogen) atoms. The van der Waals surface area contributed by atoms with E-state index in [-0.39, 0.29) is 11.8 Å². The van der Waals surface area contributed by atoms with Crippen molar-refractivity contribution in [3.63, 3.8) is 0 Å². The smallest absolute Gasteiger partial charge is 0.329 e. The van der Waals surface area contributed by atoms with Crippen LogP contribution in [0.1, 0.15) is 32.6 Å². The van der Waals surface area contributed by atoms with Gasteiger partial charge in [-0.25, -0.2) is 4.79 Å². The molecule has 0 aromatic heterocycles. The second kappa shape index (κ2) is 6.98. The van der Waals surface area contributed by atoms with Gasteiger partial charge in [0.1, 0.15) is 5.54 Å². The number of carbonyl (C=O) groups excluding carboxylic acids is 1. The summed E-state index contributed by atoms with van der Waals surface area (Å²) in [5, 5.41) is 12.0. The molecule has 0 radical (unpaired) electrons. The lowest BCUT2D eigenvalue weighted by Crippen LogP contribution is -2.54. The summed E-state index contributed by atoms with van der Waals surface area (Å²) >= 11 is 1.71. The lowest BCUT2D eigenvalue weighted by Gasteiger charge is -2.26. The number of hydrogen-bond donors (Lipinski definition) is 2. The number of rotatable bonds is 8. The molecule has 0 saturated heterocycles. The van der Waals surface area contributed by atoms with Crippen molar-refractivity contribution in [2.75, 3.05) is 5.75 Å². The fraction of sp³-hybridized carbons (Fsp3) is 0.500. The number of amides is 1. The normalized spacial score (nSPS) is 17.0. The summed E-state index contributed by atoms with van der Waals surface area (Å²) in [6, 6.07) is 10.0. The van der Waals surface area contributed by atoms with Gasteiger partial charge in [0.05, 0.1) is 0 Å². The Morgan fingerprint density at radius 3 is 2.57 bits per heavy atom. The van der Waals surface area contributed by atoms with E-state index in [2.05, 4.69) is 5.32 Å². The van der Waals surface area contributed by atoms with Crippen LogP contribution in [0.3, 0.4) is 0 Å². The third kappa shape index (κ3) is 4.49. The third-order valence-corrected chi connectivity index (χ3v) is 4.90. The van der Waals surface area contributed by atoms with Crippen molar-refractivity contribution in [3.8, 4) is 0 Å². The van der Waals surface area contributed by atoms with Crippen molar-refractivity contribution >= 4 is 23.6 Å². The Kier molecular flexibility index (Phi) is 5.28. The molecule has 1 aromatic rings. The average molecular weight is 307 g/mol. The zero-order valence-corrected chi connectivity index (χ0v) is 13.0. The number of benzene rings is 1. The Balaban J connectivity index is 1.71. The number of aliphatic carboxylic acids is 1. The summed E-state index contributed by atoms with van der Waals surface area (Å²) in [6.45, 7) is 1.61. The van der Waals surface area contributed by atoms with Crippen LogP contribution >= 0.6 is 11.8 Å². The predicted octanol–water partition coefficient (Wildman–Crippen LogP) is 2.93. The number of carboxylic acids is 1. The molecule has 114 valence electrons. The topological polar surface area (TPSA) is 66.4 Å². The average Bonchev–Trinajstić information content (AvgIpc) is 3.29. The molecule has 1 aromatic carbocycles. The maximum Gasteiger partial charge on any atom is 0.329 e. The number of thioether (sulfide) groups is 1. The number of carbonyl (C=O) groups is 2. The molecule has 1 amide bonds. The summed E-state index contributed by atoms with van der Waals surface area (Å²) in [7, 11) is 0. The van der Waals surface area contributed by atoms with Gasteiger partial charge in [-0.1, -0.05) is 18.2 Å². The Morgan fingerprint density at radius 2 is 2.00 bits per heavy atom. The van der Waals surface area contributed by atoms with E-state index in [1.807, 2.05) is 30.3 Å². The van der Waals surface area contributed by atoms with E-state index in [0.29, 0.717) is 6.42 Å². The van der Waals surface area contributed by atoms with Crippen LogP contribution in [-0.2, 0) is 9.59 Å². The molecule has 0 aliphatic heterocycles. The van der Waals surface area contributed by atoms with Crippen LogP contribution in [0, 0.1) is 5.92 Å². The van der Waals surface area contributed by atoms with E-state index in [1.165, 1.54) is 4.90 Å². The summed E-state index contributed by atoms with van der Waals surface area (Å²) in [4.78, 5) is 24.4. The lowest BCUT2D eigenvalue weighted by atomic mass is 9.95. The number of hydrogen-bond acceptors (Lipinski definition) is 3. The molecule has 1 atom stereocenters. The number of carboxylic acid groups (broad SMARTS) is 1. The zero-order valence-electron chi connectivity index (χ0n) is 12.2. The Morgan fingerprint density at radius 1 is 1.33 bits per heavy atom. The molecule has 0 spiro atoms. The van der Waals surface area contributed by atoms with Crippen molar-refractivity contribution in [2.45, 2.75) is 43.0 Å². The molecule has 1 unspecified atom stereocenters. The second-order valence-corrected chi connectivity index (χ2v) is 6.76. The summed E-state index contributed by atoms with van der Waals surface area (Å²) in [5.41, 5.74) is -1.09. The molecule has 1 fully saturated rings. The molecule has 0 bridgehead atoms. The summed E-state index contributed by atoms with van der Waals surface area (Å²) in [5.74, 6) is -0.167. The highest BCUT2D eigenvalue weighted by Gasteiger charge is 2.48. The van der Waals surface area contributed by atoms with Gasteiger partial charge in [-0.15, -0.1) is 11.8 Å². The molecule has 5 heteroatoms. The largest absolute Gasteiger partial charge is 0.480 e. The molecule has 1 aliphatic carbocycles. The summed E-state index contributed by atoms with van der Waals surface area (Å²) < 4.78 is 0. The minimum Gasteiger partial charge on any atom is -0.480 e. The van der Waals surface area contributed by atoms with Gasteiger partial charge in [0.15, 0.2) is 0 Å². The third-order valence-electron chi connectivity index (χ3n) is 3.80. The monoisotopic (exact) mass is 307 g/mol. The Hall–Kier alpha value is -1.49. The van der Waals surface area contributed by atoms with Gasteiger partial charge in [-0.2, -0.15) is 0 Å². The highest BCUT2D eigenvalue weighted by molar-refractivity contribution is 7.99. The standard InChI is InChI=1S/C16H21NO3S/c1-16(15(19)20,12-9-10-12)17-14(18)8-5-11-21-13-6-3-2-4-7-13/h2-4,6-7,12H,5,8-11H2,1H3,(H,17,18)(H,19,20). The maximum atomic E-state index is 11.9.